The average molecular weight is 413 g/mol. The number of halogens is 5. The van der Waals surface area contributed by atoms with Gasteiger partial charge in [0.05, 0.1) is 0 Å². The number of benzene rings is 2. The van der Waals surface area contributed by atoms with Gasteiger partial charge in [0.1, 0.15) is 5.75 Å². The predicted octanol–water partition coefficient (Wildman–Crippen LogP) is 4.60. The molecule has 0 aromatic heterocycles. The molecule has 1 fully saturated rings. The molecule has 1 amide bonds. The van der Waals surface area contributed by atoms with Crippen LogP contribution in [0.3, 0.4) is 0 Å². The predicted molar refractivity (Wildman–Crippen MR) is 92.4 cm³/mol. The zero-order chi connectivity index (χ0) is 21.2. The van der Waals surface area contributed by atoms with Crippen molar-refractivity contribution in [2.45, 2.75) is 19.2 Å². The summed E-state index contributed by atoms with van der Waals surface area (Å²) >= 11 is 0. The maximum atomic E-state index is 13.4. The van der Waals surface area contributed by atoms with Gasteiger partial charge in [-0.2, -0.15) is 0 Å². The number of hydrogen-bond donors (Lipinski definition) is 0. The highest BCUT2D eigenvalue weighted by Gasteiger charge is 2.32. The lowest BCUT2D eigenvalue weighted by Gasteiger charge is -2.32. The minimum absolute atomic E-state index is 0.0225. The second kappa shape index (κ2) is 8.18. The molecule has 1 heterocycles. The quantitative estimate of drug-likeness (QED) is 0.544. The Kier molecular flexibility index (Phi) is 5.86. The third-order valence-electron chi connectivity index (χ3n) is 4.62. The van der Waals surface area contributed by atoms with E-state index >= 15 is 0 Å². The maximum Gasteiger partial charge on any atom is 0.573 e. The van der Waals surface area contributed by atoms with Gasteiger partial charge >= 0.3 is 6.36 Å². The van der Waals surface area contributed by atoms with E-state index in [9.17, 15) is 31.5 Å². The van der Waals surface area contributed by atoms with Crippen LogP contribution in [0.2, 0.25) is 0 Å². The van der Waals surface area contributed by atoms with Gasteiger partial charge in [-0.15, -0.1) is 13.2 Å². The summed E-state index contributed by atoms with van der Waals surface area (Å²) in [5, 5.41) is 0. The number of rotatable bonds is 4. The molecule has 0 spiro atoms. The molecule has 29 heavy (non-hydrogen) atoms. The maximum absolute atomic E-state index is 13.4. The minimum atomic E-state index is -4.82. The highest BCUT2D eigenvalue weighted by molar-refractivity contribution is 5.99. The number of nitrogens with zero attached hydrogens (tertiary/aromatic N) is 1. The number of piperidine rings is 1. The minimum Gasteiger partial charge on any atom is -0.406 e. The molecule has 3 rings (SSSR count). The van der Waals surface area contributed by atoms with Gasteiger partial charge in [0, 0.05) is 30.1 Å². The normalized spacial score (nSPS) is 17.1. The topological polar surface area (TPSA) is 46.6 Å². The van der Waals surface area contributed by atoms with Crippen LogP contribution in [0.25, 0.3) is 0 Å². The smallest absolute Gasteiger partial charge is 0.406 e. The van der Waals surface area contributed by atoms with Gasteiger partial charge in [-0.05, 0) is 55.3 Å². The molecule has 2 aromatic carbocycles. The fraction of sp³-hybridized carbons (Fsp3) is 0.300. The second-order valence-corrected chi connectivity index (χ2v) is 6.66. The van der Waals surface area contributed by atoms with E-state index in [1.807, 2.05) is 0 Å². The summed E-state index contributed by atoms with van der Waals surface area (Å²) in [6, 6.07) is 7.41. The lowest BCUT2D eigenvalue weighted by Crippen LogP contribution is -2.42. The van der Waals surface area contributed by atoms with E-state index in [0.29, 0.717) is 19.4 Å². The third-order valence-corrected chi connectivity index (χ3v) is 4.62. The van der Waals surface area contributed by atoms with Crippen molar-refractivity contribution in [2.24, 2.45) is 5.92 Å². The molecular formula is C20H16F5NO3. The molecule has 0 aliphatic carbocycles. The number of amides is 1. The molecule has 1 atom stereocenters. The molecule has 1 saturated heterocycles. The highest BCUT2D eigenvalue weighted by Crippen LogP contribution is 2.26. The van der Waals surface area contributed by atoms with Crippen LogP contribution in [-0.4, -0.2) is 36.0 Å². The Balaban J connectivity index is 1.69. The Hall–Kier alpha value is -2.97. The van der Waals surface area contributed by atoms with Crippen LogP contribution in [0.1, 0.15) is 33.6 Å². The first-order valence-electron chi connectivity index (χ1n) is 8.78. The number of carbonyl (C=O) groups excluding carboxylic acids is 2. The number of alkyl halides is 3. The molecule has 4 nitrogen and oxygen atoms in total. The van der Waals surface area contributed by atoms with Crippen LogP contribution in [0, 0.1) is 17.6 Å². The first kappa shape index (κ1) is 20.8. The molecule has 154 valence electrons. The number of hydrogen-bond acceptors (Lipinski definition) is 3. The molecule has 1 aliphatic heterocycles. The zero-order valence-electron chi connectivity index (χ0n) is 15.0. The van der Waals surface area contributed by atoms with E-state index in [2.05, 4.69) is 4.74 Å². The summed E-state index contributed by atoms with van der Waals surface area (Å²) in [5.74, 6) is -4.02. The van der Waals surface area contributed by atoms with Crippen LogP contribution in [0.15, 0.2) is 42.5 Å². The molecule has 1 unspecified atom stereocenters. The van der Waals surface area contributed by atoms with Crippen LogP contribution in [-0.2, 0) is 0 Å². The van der Waals surface area contributed by atoms with Crippen molar-refractivity contribution in [3.63, 3.8) is 0 Å². The molecule has 2 aromatic rings. The Morgan fingerprint density at radius 1 is 0.966 bits per heavy atom. The summed E-state index contributed by atoms with van der Waals surface area (Å²) < 4.78 is 66.9. The van der Waals surface area contributed by atoms with Crippen molar-refractivity contribution in [3.8, 4) is 5.75 Å². The monoisotopic (exact) mass is 413 g/mol. The van der Waals surface area contributed by atoms with Crippen molar-refractivity contribution >= 4 is 11.7 Å². The third kappa shape index (κ3) is 5.10. The molecule has 0 N–H and O–H groups in total. The van der Waals surface area contributed by atoms with Crippen molar-refractivity contribution < 1.29 is 36.3 Å². The number of ketones is 1. The van der Waals surface area contributed by atoms with Crippen LogP contribution < -0.4 is 4.74 Å². The summed E-state index contributed by atoms with van der Waals surface area (Å²) in [6.07, 6.45) is -3.79. The number of ether oxygens (including phenoxy) is 1. The molecule has 0 saturated carbocycles. The van der Waals surface area contributed by atoms with Crippen LogP contribution in [0.4, 0.5) is 22.0 Å². The lowest BCUT2D eigenvalue weighted by atomic mass is 9.89. The molecule has 1 aliphatic rings. The fourth-order valence-corrected chi connectivity index (χ4v) is 3.24. The Morgan fingerprint density at radius 3 is 2.24 bits per heavy atom. The van der Waals surface area contributed by atoms with Gasteiger partial charge in [-0.1, -0.05) is 0 Å². The first-order valence-corrected chi connectivity index (χ1v) is 8.78. The Bertz CT molecular complexity index is 911. The summed E-state index contributed by atoms with van der Waals surface area (Å²) in [7, 11) is 0. The van der Waals surface area contributed by atoms with Gasteiger partial charge in [0.2, 0.25) is 0 Å². The van der Waals surface area contributed by atoms with Crippen molar-refractivity contribution in [3.05, 3.63) is 65.2 Å². The largest absolute Gasteiger partial charge is 0.573 e. The van der Waals surface area contributed by atoms with Gasteiger partial charge in [-0.3, -0.25) is 9.59 Å². The second-order valence-electron chi connectivity index (χ2n) is 6.66. The van der Waals surface area contributed by atoms with Crippen molar-refractivity contribution in [2.75, 3.05) is 13.1 Å². The van der Waals surface area contributed by atoms with Gasteiger partial charge in [-0.25, -0.2) is 8.78 Å². The Labute approximate surface area is 162 Å². The SMILES string of the molecule is O=C(c1ccc(OC(F)(F)F)cc1)C1CCCN(C(=O)c2ccc(F)c(F)c2)C1. The van der Waals surface area contributed by atoms with E-state index in [-0.39, 0.29) is 23.5 Å². The fourth-order valence-electron chi connectivity index (χ4n) is 3.24. The van der Waals surface area contributed by atoms with Crippen molar-refractivity contribution in [1.29, 1.82) is 0 Å². The van der Waals surface area contributed by atoms with E-state index in [1.165, 1.54) is 23.1 Å². The first-order chi connectivity index (χ1) is 13.6. The van der Waals surface area contributed by atoms with Gasteiger partial charge in [0.25, 0.3) is 5.91 Å². The molecule has 0 bridgehead atoms. The number of carbonyl (C=O) groups is 2. The standard InChI is InChI=1S/C20H16F5NO3/c21-16-8-5-13(10-17(16)22)19(28)26-9-1-2-14(11-26)18(27)12-3-6-15(7-4-12)29-20(23,24)25/h3-8,10,14H,1-2,9,11H2. The van der Waals surface area contributed by atoms with Crippen LogP contribution in [0.5, 0.6) is 5.75 Å². The van der Waals surface area contributed by atoms with Gasteiger partial charge < -0.3 is 9.64 Å². The molecule has 9 heteroatoms. The molecule has 0 radical (unpaired) electrons. The zero-order valence-corrected chi connectivity index (χ0v) is 15.0. The van der Waals surface area contributed by atoms with Crippen molar-refractivity contribution in [1.82, 2.24) is 4.90 Å². The van der Waals surface area contributed by atoms with E-state index in [4.69, 9.17) is 0 Å². The highest BCUT2D eigenvalue weighted by atomic mass is 19.4. The molecular weight excluding hydrogens is 397 g/mol. The van der Waals surface area contributed by atoms with E-state index in [1.54, 1.807) is 0 Å². The summed E-state index contributed by atoms with van der Waals surface area (Å²) in [6.45, 7) is 0.442. The van der Waals surface area contributed by atoms with E-state index < -0.39 is 35.6 Å². The van der Waals surface area contributed by atoms with E-state index in [0.717, 1.165) is 24.3 Å². The number of Topliss-reactive ketones (excluding diaryl/α,β-unsaturated/α-hetero) is 1. The van der Waals surface area contributed by atoms with Gasteiger partial charge in [0.15, 0.2) is 17.4 Å². The number of likely N-dealkylation sites (tertiary alicyclic amines) is 1. The lowest BCUT2D eigenvalue weighted by molar-refractivity contribution is -0.274. The van der Waals surface area contributed by atoms with Crippen LogP contribution >= 0.6 is 0 Å². The summed E-state index contributed by atoms with van der Waals surface area (Å²) in [4.78, 5) is 26.6. The average Bonchev–Trinajstić information content (AvgIpc) is 2.68. The Morgan fingerprint density at radius 2 is 1.62 bits per heavy atom. The summed E-state index contributed by atoms with van der Waals surface area (Å²) in [5.41, 5.74) is 0.178.